The lowest BCUT2D eigenvalue weighted by molar-refractivity contribution is -0.143. The van der Waals surface area contributed by atoms with Crippen LogP contribution in [0.3, 0.4) is 0 Å². The zero-order valence-corrected chi connectivity index (χ0v) is 43.5. The van der Waals surface area contributed by atoms with Crippen molar-refractivity contribution in [2.24, 2.45) is 0 Å². The van der Waals surface area contributed by atoms with Crippen LogP contribution in [0.25, 0.3) is 0 Å². The normalized spacial score (nSPS) is 12.5. The Morgan fingerprint density at radius 3 is 0.953 bits per heavy atom. The van der Waals surface area contributed by atoms with Crippen LogP contribution < -0.4 is 5.32 Å². The third-order valence-corrected chi connectivity index (χ3v) is 13.9. The zero-order valence-electron chi connectivity index (χ0n) is 43.5. The Kier molecular flexibility index (Phi) is 53.5. The lowest BCUT2D eigenvalue weighted by atomic mass is 10.0. The number of carbonyl (C=O) groups excluding carboxylic acids is 2. The van der Waals surface area contributed by atoms with Gasteiger partial charge in [0.15, 0.2) is 0 Å². The minimum atomic E-state index is -0.660. The van der Waals surface area contributed by atoms with Gasteiger partial charge in [-0.3, -0.25) is 9.59 Å². The second-order valence-electron chi connectivity index (χ2n) is 20.3. The van der Waals surface area contributed by atoms with Crippen molar-refractivity contribution < 1.29 is 24.5 Å². The summed E-state index contributed by atoms with van der Waals surface area (Å²) >= 11 is 0. The predicted octanol–water partition coefficient (Wildman–Crippen LogP) is 17.9. The Balaban J connectivity index is 3.33. The molecule has 6 nitrogen and oxygen atoms in total. The first-order valence-electron chi connectivity index (χ1n) is 29.3. The van der Waals surface area contributed by atoms with E-state index in [1.54, 1.807) is 0 Å². The van der Waals surface area contributed by atoms with Gasteiger partial charge in [-0.05, 0) is 25.7 Å². The van der Waals surface area contributed by atoms with Gasteiger partial charge < -0.3 is 20.3 Å². The number of hydrogen-bond donors (Lipinski definition) is 3. The number of nitrogens with one attached hydrogen (secondary N) is 1. The Labute approximate surface area is 400 Å². The highest BCUT2D eigenvalue weighted by molar-refractivity contribution is 5.76. The summed E-state index contributed by atoms with van der Waals surface area (Å²) in [5.41, 5.74) is 0. The Hall–Kier alpha value is -1.14. The van der Waals surface area contributed by atoms with Crippen LogP contribution in [0.15, 0.2) is 0 Å². The summed E-state index contributed by atoms with van der Waals surface area (Å²) in [6, 6.07) is -0.537. The highest BCUT2D eigenvalue weighted by atomic mass is 16.5. The van der Waals surface area contributed by atoms with Crippen LogP contribution in [0.2, 0.25) is 0 Å². The highest BCUT2D eigenvalue weighted by Crippen LogP contribution is 2.18. The molecule has 0 aliphatic heterocycles. The molecule has 0 saturated carbocycles. The van der Waals surface area contributed by atoms with E-state index in [1.807, 2.05) is 0 Å². The van der Waals surface area contributed by atoms with E-state index in [0.717, 1.165) is 38.5 Å². The molecule has 3 N–H and O–H groups in total. The summed E-state index contributed by atoms with van der Waals surface area (Å²) in [6.07, 6.45) is 62.5. The van der Waals surface area contributed by atoms with Gasteiger partial charge in [-0.15, -0.1) is 0 Å². The van der Waals surface area contributed by atoms with Crippen molar-refractivity contribution in [3.05, 3.63) is 0 Å². The van der Waals surface area contributed by atoms with Gasteiger partial charge in [-0.1, -0.05) is 296 Å². The average Bonchev–Trinajstić information content (AvgIpc) is 3.29. The van der Waals surface area contributed by atoms with E-state index < -0.39 is 12.1 Å². The molecule has 0 rings (SSSR count). The third-order valence-electron chi connectivity index (χ3n) is 13.9. The monoisotopic (exact) mass is 906 g/mol. The molecule has 0 bridgehead atoms. The lowest BCUT2D eigenvalue weighted by Gasteiger charge is -2.22. The lowest BCUT2D eigenvalue weighted by Crippen LogP contribution is -2.45. The standard InChI is InChI=1S/C58H115NO5/c1-3-5-7-9-11-13-15-32-36-40-44-48-52-58(63)64-53-49-45-41-37-33-29-27-25-23-21-19-17-16-18-20-22-24-26-28-31-35-39-43-47-51-57(62)59-55(54-60)56(61)50-46-42-38-34-30-14-12-10-8-6-4-2/h55-56,60-61H,3-54H2,1-2H3,(H,59,62). The molecular formula is C58H115NO5. The number of ether oxygens (including phenoxy) is 1. The quantitative estimate of drug-likeness (QED) is 0.0417. The van der Waals surface area contributed by atoms with Gasteiger partial charge in [0, 0.05) is 12.8 Å². The molecule has 2 unspecified atom stereocenters. The average molecular weight is 907 g/mol. The number of aliphatic hydroxyl groups excluding tert-OH is 2. The van der Waals surface area contributed by atoms with Crippen molar-refractivity contribution in [3.63, 3.8) is 0 Å². The smallest absolute Gasteiger partial charge is 0.305 e. The molecule has 0 aromatic rings. The van der Waals surface area contributed by atoms with E-state index in [4.69, 9.17) is 4.74 Å². The van der Waals surface area contributed by atoms with Crippen molar-refractivity contribution in [1.82, 2.24) is 5.32 Å². The van der Waals surface area contributed by atoms with Gasteiger partial charge in [0.25, 0.3) is 0 Å². The Bertz CT molecular complexity index is 913. The summed E-state index contributed by atoms with van der Waals surface area (Å²) in [7, 11) is 0. The molecule has 0 radical (unpaired) electrons. The number of esters is 1. The van der Waals surface area contributed by atoms with Crippen LogP contribution in [0.4, 0.5) is 0 Å². The molecule has 0 aromatic heterocycles. The molecular weight excluding hydrogens is 791 g/mol. The van der Waals surface area contributed by atoms with Gasteiger partial charge in [0.05, 0.1) is 25.4 Å². The molecule has 0 spiro atoms. The summed E-state index contributed by atoms with van der Waals surface area (Å²) in [5, 5.41) is 23.2. The molecule has 6 heteroatoms. The van der Waals surface area contributed by atoms with E-state index in [9.17, 15) is 19.8 Å². The zero-order chi connectivity index (χ0) is 46.5. The van der Waals surface area contributed by atoms with Crippen molar-refractivity contribution in [2.45, 2.75) is 347 Å². The maximum absolute atomic E-state index is 12.4. The number of rotatable bonds is 55. The highest BCUT2D eigenvalue weighted by Gasteiger charge is 2.20. The van der Waals surface area contributed by atoms with Crippen LogP contribution >= 0.6 is 0 Å². The Morgan fingerprint density at radius 2 is 0.641 bits per heavy atom. The molecule has 1 amide bonds. The van der Waals surface area contributed by atoms with E-state index in [1.165, 1.54) is 263 Å². The van der Waals surface area contributed by atoms with Crippen LogP contribution in [-0.4, -0.2) is 47.4 Å². The largest absolute Gasteiger partial charge is 0.466 e. The van der Waals surface area contributed by atoms with E-state index in [2.05, 4.69) is 19.2 Å². The summed E-state index contributed by atoms with van der Waals surface area (Å²) in [5.74, 6) is -0.0163. The SMILES string of the molecule is CCCCCCCCCCCCCCC(=O)OCCCCCCCCCCCCCCCCCCCCCCCCCCC(=O)NC(CO)C(O)CCCCCCCCCCCCC. The number of carbonyl (C=O) groups is 2. The van der Waals surface area contributed by atoms with E-state index >= 15 is 0 Å². The van der Waals surface area contributed by atoms with Gasteiger partial charge in [-0.25, -0.2) is 0 Å². The first-order chi connectivity index (χ1) is 31.5. The van der Waals surface area contributed by atoms with Crippen LogP contribution in [0, 0.1) is 0 Å². The third kappa shape index (κ3) is 50.3. The molecule has 0 aliphatic rings. The van der Waals surface area contributed by atoms with Gasteiger partial charge in [0.2, 0.25) is 5.91 Å². The number of aliphatic hydroxyl groups is 2. The van der Waals surface area contributed by atoms with E-state index in [-0.39, 0.29) is 18.5 Å². The van der Waals surface area contributed by atoms with Crippen LogP contribution in [-0.2, 0) is 14.3 Å². The minimum absolute atomic E-state index is 0.0167. The van der Waals surface area contributed by atoms with E-state index in [0.29, 0.717) is 25.9 Å². The number of unbranched alkanes of at least 4 members (excludes halogenated alkanes) is 44. The number of hydrogen-bond acceptors (Lipinski definition) is 5. The molecule has 0 saturated heterocycles. The van der Waals surface area contributed by atoms with Crippen LogP contribution in [0.1, 0.15) is 335 Å². The van der Waals surface area contributed by atoms with Crippen molar-refractivity contribution in [1.29, 1.82) is 0 Å². The summed E-state index contributed by atoms with van der Waals surface area (Å²) < 4.78 is 5.47. The Morgan fingerprint density at radius 1 is 0.375 bits per heavy atom. The second-order valence-corrected chi connectivity index (χ2v) is 20.3. The summed E-state index contributed by atoms with van der Waals surface area (Å²) in [4.78, 5) is 24.4. The molecule has 382 valence electrons. The molecule has 64 heavy (non-hydrogen) atoms. The maximum Gasteiger partial charge on any atom is 0.305 e. The maximum atomic E-state index is 12.4. The molecule has 0 aromatic carbocycles. The fraction of sp³-hybridized carbons (Fsp3) is 0.966. The van der Waals surface area contributed by atoms with Crippen molar-refractivity contribution >= 4 is 11.9 Å². The minimum Gasteiger partial charge on any atom is -0.466 e. The summed E-state index contributed by atoms with van der Waals surface area (Å²) in [6.45, 7) is 4.96. The van der Waals surface area contributed by atoms with Gasteiger partial charge in [0.1, 0.15) is 0 Å². The topological polar surface area (TPSA) is 95.9 Å². The molecule has 0 aliphatic carbocycles. The fourth-order valence-corrected chi connectivity index (χ4v) is 9.41. The van der Waals surface area contributed by atoms with Crippen LogP contribution in [0.5, 0.6) is 0 Å². The molecule has 0 fully saturated rings. The second kappa shape index (κ2) is 54.5. The van der Waals surface area contributed by atoms with Gasteiger partial charge in [-0.2, -0.15) is 0 Å². The van der Waals surface area contributed by atoms with Gasteiger partial charge >= 0.3 is 5.97 Å². The first kappa shape index (κ1) is 62.9. The van der Waals surface area contributed by atoms with Crippen molar-refractivity contribution in [2.75, 3.05) is 13.2 Å². The predicted molar refractivity (Wildman–Crippen MR) is 278 cm³/mol. The first-order valence-corrected chi connectivity index (χ1v) is 29.3. The number of amides is 1. The fourth-order valence-electron chi connectivity index (χ4n) is 9.41. The molecule has 2 atom stereocenters. The van der Waals surface area contributed by atoms with Crippen molar-refractivity contribution in [3.8, 4) is 0 Å². The molecule has 0 heterocycles.